The number of aromatic nitrogens is 1. The summed E-state index contributed by atoms with van der Waals surface area (Å²) >= 11 is 3.34. The molecule has 0 aliphatic carbocycles. The van der Waals surface area contributed by atoms with Crippen LogP contribution in [0.15, 0.2) is 59.2 Å². The van der Waals surface area contributed by atoms with Gasteiger partial charge < -0.3 is 14.4 Å². The molecule has 46 heavy (non-hydrogen) atoms. The van der Waals surface area contributed by atoms with E-state index in [1.54, 1.807) is 13.8 Å². The van der Waals surface area contributed by atoms with Gasteiger partial charge in [0.25, 0.3) is 17.7 Å². The number of amides is 3. The first-order valence-corrected chi connectivity index (χ1v) is 14.9. The summed E-state index contributed by atoms with van der Waals surface area (Å²) in [6.45, 7) is 1.63. The molecule has 3 aromatic rings. The van der Waals surface area contributed by atoms with Crippen molar-refractivity contribution >= 4 is 51.3 Å². The zero-order valence-corrected chi connectivity index (χ0v) is 26.6. The molecular formula is C32H29BrF3N3O7. The first-order valence-electron chi connectivity index (χ1n) is 14.1. The summed E-state index contributed by atoms with van der Waals surface area (Å²) in [5.74, 6) is -9.55. The van der Waals surface area contributed by atoms with Gasteiger partial charge in [-0.2, -0.15) is 0 Å². The molecule has 1 aromatic heterocycles. The standard InChI is InChI=1S/C32H29BrF3N3O7/c1-4-45-25(41)14-24(40)38(16-32(35,36)17-39-29(42)22-7-5-6-8-23(22)30(39)43)28-26(33)20(13-19-9-11-21(34)12-10-19)15-37-27(28)31(44)46-18(2)3/h5-12,15,18H,4,13-14,16-17H2,1-3H3. The van der Waals surface area contributed by atoms with E-state index in [0.29, 0.717) is 20.9 Å². The van der Waals surface area contributed by atoms with E-state index in [2.05, 4.69) is 20.9 Å². The largest absolute Gasteiger partial charge is 0.466 e. The van der Waals surface area contributed by atoms with Crippen molar-refractivity contribution in [3.63, 3.8) is 0 Å². The number of ether oxygens (including phenoxy) is 2. The zero-order valence-electron chi connectivity index (χ0n) is 25.0. The maximum absolute atomic E-state index is 15.9. The fourth-order valence-corrected chi connectivity index (χ4v) is 5.39. The molecule has 1 aliphatic rings. The van der Waals surface area contributed by atoms with E-state index in [-0.39, 0.29) is 28.6 Å². The predicted molar refractivity (Wildman–Crippen MR) is 162 cm³/mol. The molecule has 1 aliphatic heterocycles. The Bertz CT molecular complexity index is 1650. The molecule has 0 fully saturated rings. The molecule has 2 aromatic carbocycles. The third-order valence-corrected chi connectivity index (χ3v) is 7.62. The van der Waals surface area contributed by atoms with Gasteiger partial charge >= 0.3 is 11.9 Å². The first kappa shape index (κ1) is 34.3. The van der Waals surface area contributed by atoms with Gasteiger partial charge in [-0.1, -0.05) is 24.3 Å². The average molecular weight is 704 g/mol. The molecule has 0 radical (unpaired) electrons. The smallest absolute Gasteiger partial charge is 0.359 e. The SMILES string of the molecule is CCOC(=O)CC(=O)N(CC(F)(F)CN1C(=O)c2ccccc2C1=O)c1c(C(=O)OC(C)C)ncc(Cc2ccc(F)cc2)c1Br. The van der Waals surface area contributed by atoms with Crippen LogP contribution >= 0.6 is 15.9 Å². The number of carbonyl (C=O) groups is 5. The summed E-state index contributed by atoms with van der Waals surface area (Å²) in [6, 6.07) is 11.1. The van der Waals surface area contributed by atoms with Crippen LogP contribution in [0.3, 0.4) is 0 Å². The third-order valence-electron chi connectivity index (χ3n) is 6.74. The van der Waals surface area contributed by atoms with Crippen molar-refractivity contribution in [2.24, 2.45) is 0 Å². The summed E-state index contributed by atoms with van der Waals surface area (Å²) in [4.78, 5) is 69.9. The Labute approximate surface area is 270 Å². The van der Waals surface area contributed by atoms with E-state index in [0.717, 1.165) is 0 Å². The lowest BCUT2D eigenvalue weighted by Gasteiger charge is -2.31. The van der Waals surface area contributed by atoms with E-state index in [4.69, 9.17) is 9.47 Å². The Morgan fingerprint density at radius 3 is 2.20 bits per heavy atom. The second-order valence-corrected chi connectivity index (χ2v) is 11.4. The average Bonchev–Trinajstić information content (AvgIpc) is 3.22. The number of hydrogen-bond donors (Lipinski definition) is 0. The Hall–Kier alpha value is -4.59. The number of fused-ring (bicyclic) bond motifs is 1. The molecular weight excluding hydrogens is 675 g/mol. The van der Waals surface area contributed by atoms with Crippen molar-refractivity contribution in [2.45, 2.75) is 45.6 Å². The normalized spacial score (nSPS) is 12.7. The van der Waals surface area contributed by atoms with Gasteiger partial charge in [-0.3, -0.25) is 24.1 Å². The molecule has 242 valence electrons. The van der Waals surface area contributed by atoms with Gasteiger partial charge in [0, 0.05) is 17.1 Å². The summed E-state index contributed by atoms with van der Waals surface area (Å²) < 4.78 is 55.5. The van der Waals surface area contributed by atoms with Crippen LogP contribution in [0.2, 0.25) is 0 Å². The molecule has 0 unspecified atom stereocenters. The van der Waals surface area contributed by atoms with Crippen molar-refractivity contribution in [2.75, 3.05) is 24.6 Å². The highest BCUT2D eigenvalue weighted by molar-refractivity contribution is 9.10. The van der Waals surface area contributed by atoms with E-state index in [9.17, 15) is 28.4 Å². The molecule has 0 N–H and O–H groups in total. The van der Waals surface area contributed by atoms with Crippen LogP contribution in [0, 0.1) is 5.82 Å². The lowest BCUT2D eigenvalue weighted by molar-refractivity contribution is -0.145. The summed E-state index contributed by atoms with van der Waals surface area (Å²) in [5, 5.41) is 0. The number of carbonyl (C=O) groups excluding carboxylic acids is 5. The van der Waals surface area contributed by atoms with Gasteiger partial charge in [-0.05, 0) is 72.1 Å². The van der Waals surface area contributed by atoms with Crippen LogP contribution in [0.4, 0.5) is 18.9 Å². The molecule has 14 heteroatoms. The van der Waals surface area contributed by atoms with Crippen molar-refractivity contribution in [1.29, 1.82) is 0 Å². The van der Waals surface area contributed by atoms with Crippen molar-refractivity contribution < 1.29 is 46.6 Å². The van der Waals surface area contributed by atoms with Gasteiger partial charge in [0.1, 0.15) is 12.2 Å². The van der Waals surface area contributed by atoms with Crippen LogP contribution in [-0.4, -0.2) is 71.3 Å². The maximum Gasteiger partial charge on any atom is 0.359 e. The van der Waals surface area contributed by atoms with Crippen LogP contribution in [0.1, 0.15) is 69.5 Å². The minimum Gasteiger partial charge on any atom is -0.466 e. The molecule has 0 spiro atoms. The minimum absolute atomic E-state index is 0.00345. The Kier molecular flexibility index (Phi) is 10.6. The number of imide groups is 1. The van der Waals surface area contributed by atoms with Crippen molar-refractivity contribution in [1.82, 2.24) is 9.88 Å². The lowest BCUT2D eigenvalue weighted by Crippen LogP contribution is -2.49. The monoisotopic (exact) mass is 703 g/mol. The number of pyridine rings is 1. The molecule has 0 saturated heterocycles. The zero-order chi connectivity index (χ0) is 33.8. The quantitative estimate of drug-likeness (QED) is 0.140. The van der Waals surface area contributed by atoms with Gasteiger partial charge in [-0.15, -0.1) is 0 Å². The number of hydrogen-bond acceptors (Lipinski definition) is 8. The van der Waals surface area contributed by atoms with Gasteiger partial charge in [0.15, 0.2) is 5.69 Å². The maximum atomic E-state index is 15.9. The Balaban J connectivity index is 1.79. The lowest BCUT2D eigenvalue weighted by atomic mass is 10.0. The molecule has 2 heterocycles. The number of nitrogens with zero attached hydrogens (tertiary/aromatic N) is 3. The molecule has 4 rings (SSSR count). The second-order valence-electron chi connectivity index (χ2n) is 10.6. The van der Waals surface area contributed by atoms with Gasteiger partial charge in [0.2, 0.25) is 5.91 Å². The highest BCUT2D eigenvalue weighted by Crippen LogP contribution is 2.37. The van der Waals surface area contributed by atoms with Crippen molar-refractivity contribution in [3.05, 3.63) is 93.0 Å². The predicted octanol–water partition coefficient (Wildman–Crippen LogP) is 5.36. The van der Waals surface area contributed by atoms with Gasteiger partial charge in [0.05, 0.1) is 42.6 Å². The van der Waals surface area contributed by atoms with Crippen molar-refractivity contribution in [3.8, 4) is 0 Å². The van der Waals surface area contributed by atoms with E-state index < -0.39 is 78.4 Å². The number of halogens is 4. The molecule has 10 nitrogen and oxygen atoms in total. The number of esters is 2. The molecule has 0 saturated carbocycles. The number of anilines is 1. The second kappa shape index (κ2) is 14.2. The third kappa shape index (κ3) is 7.79. The first-order chi connectivity index (χ1) is 21.7. The topological polar surface area (TPSA) is 123 Å². The van der Waals surface area contributed by atoms with E-state index in [1.807, 2.05) is 0 Å². The Morgan fingerprint density at radius 2 is 1.63 bits per heavy atom. The van der Waals surface area contributed by atoms with Crippen LogP contribution in [0.5, 0.6) is 0 Å². The van der Waals surface area contributed by atoms with Gasteiger partial charge in [-0.25, -0.2) is 22.9 Å². The highest BCUT2D eigenvalue weighted by Gasteiger charge is 2.45. The summed E-state index contributed by atoms with van der Waals surface area (Å²) in [5.41, 5.74) is -0.123. The Morgan fingerprint density at radius 1 is 1.02 bits per heavy atom. The minimum atomic E-state index is -3.96. The fourth-order valence-electron chi connectivity index (χ4n) is 4.75. The van der Waals surface area contributed by atoms with E-state index in [1.165, 1.54) is 61.7 Å². The molecule has 0 bridgehead atoms. The highest BCUT2D eigenvalue weighted by atomic mass is 79.9. The molecule has 0 atom stereocenters. The number of benzene rings is 2. The fraction of sp³-hybridized carbons (Fsp3) is 0.312. The van der Waals surface area contributed by atoms with Crippen LogP contribution in [0.25, 0.3) is 0 Å². The number of alkyl halides is 2. The summed E-state index contributed by atoms with van der Waals surface area (Å²) in [7, 11) is 0. The van der Waals surface area contributed by atoms with Crippen LogP contribution in [-0.2, 0) is 25.5 Å². The molecule has 3 amide bonds. The van der Waals surface area contributed by atoms with E-state index >= 15 is 8.78 Å². The van der Waals surface area contributed by atoms with Crippen LogP contribution < -0.4 is 4.90 Å². The summed E-state index contributed by atoms with van der Waals surface area (Å²) in [6.07, 6.45) is -0.284. The number of rotatable bonds is 12.